The lowest BCUT2D eigenvalue weighted by Gasteiger charge is -2.09. The van der Waals surface area contributed by atoms with E-state index in [0.29, 0.717) is 28.8 Å². The molecule has 0 aliphatic heterocycles. The molecule has 3 rings (SSSR count). The molecule has 24 heavy (non-hydrogen) atoms. The monoisotopic (exact) mass is 322 g/mol. The van der Waals surface area contributed by atoms with Gasteiger partial charge in [-0.15, -0.1) is 5.10 Å². The van der Waals surface area contributed by atoms with Crippen LogP contribution < -0.4 is 10.6 Å². The molecule has 0 saturated carbocycles. The Labute approximate surface area is 139 Å². The zero-order valence-corrected chi connectivity index (χ0v) is 13.7. The Morgan fingerprint density at radius 3 is 2.67 bits per heavy atom. The number of nitrogens with zero attached hydrogens (tertiary/aromatic N) is 4. The van der Waals surface area contributed by atoms with Gasteiger partial charge in [0.15, 0.2) is 5.82 Å². The lowest BCUT2D eigenvalue weighted by molar-refractivity contribution is -0.114. The first-order valence-electron chi connectivity index (χ1n) is 7.65. The third-order valence-electron chi connectivity index (χ3n) is 3.46. The number of carbonyl (C=O) groups excluding carboxylic acids is 1. The number of carbonyl (C=O) groups is 1. The SMILES string of the molecule is CC(=O)Nc1cnc2ccc(Nc3cc(C(C)C)cnn3)nc2c1. The summed E-state index contributed by atoms with van der Waals surface area (Å²) in [4.78, 5) is 20.0. The molecule has 0 spiro atoms. The number of amides is 1. The predicted octanol–water partition coefficient (Wildman–Crippen LogP) is 3.25. The van der Waals surface area contributed by atoms with Crippen molar-refractivity contribution < 1.29 is 4.79 Å². The van der Waals surface area contributed by atoms with Crippen molar-refractivity contribution in [3.05, 3.63) is 42.2 Å². The van der Waals surface area contributed by atoms with Gasteiger partial charge < -0.3 is 10.6 Å². The number of rotatable bonds is 4. The Morgan fingerprint density at radius 2 is 1.92 bits per heavy atom. The first-order valence-corrected chi connectivity index (χ1v) is 7.65. The summed E-state index contributed by atoms with van der Waals surface area (Å²) in [7, 11) is 0. The molecule has 3 aromatic rings. The van der Waals surface area contributed by atoms with Crippen molar-refractivity contribution in [3.63, 3.8) is 0 Å². The molecule has 0 radical (unpaired) electrons. The van der Waals surface area contributed by atoms with Crippen molar-refractivity contribution in [3.8, 4) is 0 Å². The Kier molecular flexibility index (Phi) is 4.33. The highest BCUT2D eigenvalue weighted by Crippen LogP contribution is 2.21. The number of hydrogen-bond acceptors (Lipinski definition) is 6. The largest absolute Gasteiger partial charge is 0.325 e. The fourth-order valence-electron chi connectivity index (χ4n) is 2.24. The second-order valence-corrected chi connectivity index (χ2v) is 5.79. The molecular formula is C17H18N6O. The molecule has 122 valence electrons. The van der Waals surface area contributed by atoms with E-state index in [1.54, 1.807) is 18.5 Å². The van der Waals surface area contributed by atoms with Gasteiger partial charge in [-0.25, -0.2) is 4.98 Å². The number of hydrogen-bond donors (Lipinski definition) is 2. The van der Waals surface area contributed by atoms with Crippen LogP contribution in [-0.4, -0.2) is 26.1 Å². The third kappa shape index (κ3) is 3.62. The Balaban J connectivity index is 1.89. The van der Waals surface area contributed by atoms with Crippen molar-refractivity contribution in [2.24, 2.45) is 0 Å². The highest BCUT2D eigenvalue weighted by atomic mass is 16.1. The van der Waals surface area contributed by atoms with Crippen molar-refractivity contribution in [1.29, 1.82) is 0 Å². The van der Waals surface area contributed by atoms with E-state index >= 15 is 0 Å². The highest BCUT2D eigenvalue weighted by Gasteiger charge is 2.06. The van der Waals surface area contributed by atoms with Gasteiger partial charge >= 0.3 is 0 Å². The van der Waals surface area contributed by atoms with Gasteiger partial charge in [0.05, 0.1) is 29.1 Å². The molecule has 3 heterocycles. The van der Waals surface area contributed by atoms with E-state index in [4.69, 9.17) is 0 Å². The molecule has 0 saturated heterocycles. The molecule has 0 aromatic carbocycles. The molecule has 7 heteroatoms. The minimum atomic E-state index is -0.147. The van der Waals surface area contributed by atoms with Crippen molar-refractivity contribution in [1.82, 2.24) is 20.2 Å². The Hall–Kier alpha value is -3.09. The van der Waals surface area contributed by atoms with E-state index in [1.807, 2.05) is 18.2 Å². The third-order valence-corrected chi connectivity index (χ3v) is 3.46. The van der Waals surface area contributed by atoms with Crippen LogP contribution in [0.25, 0.3) is 11.0 Å². The summed E-state index contributed by atoms with van der Waals surface area (Å²) in [5.74, 6) is 1.50. The summed E-state index contributed by atoms with van der Waals surface area (Å²) in [6.45, 7) is 5.66. The standard InChI is InChI=1S/C17H18N6O/c1-10(2)12-6-17(23-19-8-12)22-16-5-4-14-15(21-16)7-13(9-18-14)20-11(3)24/h4-10H,1-3H3,(H,20,24)(H,21,22,23). The van der Waals surface area contributed by atoms with Crippen LogP contribution in [0, 0.1) is 0 Å². The Morgan fingerprint density at radius 1 is 1.08 bits per heavy atom. The van der Waals surface area contributed by atoms with Gasteiger partial charge in [0, 0.05) is 6.92 Å². The number of fused-ring (bicyclic) bond motifs is 1. The van der Waals surface area contributed by atoms with Crippen molar-refractivity contribution >= 4 is 34.3 Å². The number of pyridine rings is 2. The molecule has 0 aliphatic rings. The van der Waals surface area contributed by atoms with Crippen LogP contribution in [0.4, 0.5) is 17.3 Å². The molecule has 0 aliphatic carbocycles. The molecule has 3 aromatic heterocycles. The zero-order valence-electron chi connectivity index (χ0n) is 13.7. The molecule has 0 unspecified atom stereocenters. The average molecular weight is 322 g/mol. The normalized spacial score (nSPS) is 10.8. The van der Waals surface area contributed by atoms with Crippen LogP contribution in [0.3, 0.4) is 0 Å². The van der Waals surface area contributed by atoms with E-state index < -0.39 is 0 Å². The summed E-state index contributed by atoms with van der Waals surface area (Å²) in [5.41, 5.74) is 3.14. The van der Waals surface area contributed by atoms with Gasteiger partial charge in [0.2, 0.25) is 5.91 Å². The van der Waals surface area contributed by atoms with Crippen molar-refractivity contribution in [2.75, 3.05) is 10.6 Å². The summed E-state index contributed by atoms with van der Waals surface area (Å²) >= 11 is 0. The minimum Gasteiger partial charge on any atom is -0.325 e. The van der Waals surface area contributed by atoms with E-state index in [2.05, 4.69) is 44.6 Å². The van der Waals surface area contributed by atoms with Crippen LogP contribution >= 0.6 is 0 Å². The van der Waals surface area contributed by atoms with Crippen LogP contribution in [0.1, 0.15) is 32.3 Å². The zero-order chi connectivity index (χ0) is 17.1. The average Bonchev–Trinajstić information content (AvgIpc) is 2.54. The molecule has 0 bridgehead atoms. The second kappa shape index (κ2) is 6.57. The lowest BCUT2D eigenvalue weighted by atomic mass is 10.1. The summed E-state index contributed by atoms with van der Waals surface area (Å²) < 4.78 is 0. The summed E-state index contributed by atoms with van der Waals surface area (Å²) in [6, 6.07) is 7.43. The Bertz CT molecular complexity index is 893. The fourth-order valence-corrected chi connectivity index (χ4v) is 2.24. The second-order valence-electron chi connectivity index (χ2n) is 5.79. The minimum absolute atomic E-state index is 0.147. The molecular weight excluding hydrogens is 304 g/mol. The molecule has 2 N–H and O–H groups in total. The van der Waals surface area contributed by atoms with Crippen LogP contribution in [0.15, 0.2) is 36.7 Å². The van der Waals surface area contributed by atoms with Crippen LogP contribution in [0.2, 0.25) is 0 Å². The van der Waals surface area contributed by atoms with Gasteiger partial charge in [0.1, 0.15) is 5.82 Å². The van der Waals surface area contributed by atoms with Gasteiger partial charge in [-0.1, -0.05) is 13.8 Å². The van der Waals surface area contributed by atoms with Crippen molar-refractivity contribution in [2.45, 2.75) is 26.7 Å². The summed E-state index contributed by atoms with van der Waals surface area (Å²) in [6.07, 6.45) is 3.36. The first-order chi connectivity index (χ1) is 11.5. The van der Waals surface area contributed by atoms with Gasteiger partial charge in [-0.05, 0) is 35.7 Å². The fraction of sp³-hybridized carbons (Fsp3) is 0.235. The van der Waals surface area contributed by atoms with Gasteiger partial charge in [-0.2, -0.15) is 5.10 Å². The van der Waals surface area contributed by atoms with E-state index in [9.17, 15) is 4.79 Å². The van der Waals surface area contributed by atoms with Crippen LogP contribution in [-0.2, 0) is 4.79 Å². The smallest absolute Gasteiger partial charge is 0.221 e. The topological polar surface area (TPSA) is 92.7 Å². The maximum atomic E-state index is 11.2. The maximum absolute atomic E-state index is 11.2. The highest BCUT2D eigenvalue weighted by molar-refractivity contribution is 5.91. The molecule has 0 atom stereocenters. The number of aromatic nitrogens is 4. The quantitative estimate of drug-likeness (QED) is 0.766. The van der Waals surface area contributed by atoms with Gasteiger partial charge in [-0.3, -0.25) is 9.78 Å². The lowest BCUT2D eigenvalue weighted by Crippen LogP contribution is -2.06. The number of anilines is 3. The van der Waals surface area contributed by atoms with Gasteiger partial charge in [0.25, 0.3) is 0 Å². The first kappa shape index (κ1) is 15.8. The molecule has 7 nitrogen and oxygen atoms in total. The number of nitrogens with one attached hydrogen (secondary N) is 2. The molecule has 1 amide bonds. The molecule has 0 fully saturated rings. The predicted molar refractivity (Wildman–Crippen MR) is 93.2 cm³/mol. The van der Waals surface area contributed by atoms with E-state index in [0.717, 1.165) is 11.1 Å². The van der Waals surface area contributed by atoms with Crippen LogP contribution in [0.5, 0.6) is 0 Å². The van der Waals surface area contributed by atoms with E-state index in [-0.39, 0.29) is 5.91 Å². The van der Waals surface area contributed by atoms with E-state index in [1.165, 1.54) is 6.92 Å². The maximum Gasteiger partial charge on any atom is 0.221 e. The summed E-state index contributed by atoms with van der Waals surface area (Å²) in [5, 5.41) is 13.9.